The molecule has 0 saturated heterocycles. The third-order valence-corrected chi connectivity index (χ3v) is 8.20. The molecular weight excluding hydrogens is 366 g/mol. The van der Waals surface area contributed by atoms with Gasteiger partial charge in [0.2, 0.25) is 0 Å². The van der Waals surface area contributed by atoms with Gasteiger partial charge in [0, 0.05) is 22.1 Å². The molecule has 4 aromatic rings. The van der Waals surface area contributed by atoms with Crippen molar-refractivity contribution in [2.24, 2.45) is 17.8 Å². The van der Waals surface area contributed by atoms with Gasteiger partial charge in [-0.05, 0) is 104 Å². The fourth-order valence-corrected chi connectivity index (χ4v) is 7.34. The summed E-state index contributed by atoms with van der Waals surface area (Å²) in [7, 11) is 0. The van der Waals surface area contributed by atoms with Crippen LogP contribution in [0.4, 0.5) is 11.4 Å². The van der Waals surface area contributed by atoms with Crippen molar-refractivity contribution < 1.29 is 4.42 Å². The summed E-state index contributed by atoms with van der Waals surface area (Å²) < 4.78 is 5.96. The van der Waals surface area contributed by atoms with Crippen molar-refractivity contribution in [1.82, 2.24) is 0 Å². The predicted molar refractivity (Wildman–Crippen MR) is 123 cm³/mol. The highest BCUT2D eigenvalue weighted by Gasteiger charge is 2.51. The molecule has 0 radical (unpaired) electrons. The molecule has 1 N–H and O–H groups in total. The van der Waals surface area contributed by atoms with Crippen molar-refractivity contribution >= 4 is 33.3 Å². The van der Waals surface area contributed by atoms with Crippen molar-refractivity contribution in [2.75, 3.05) is 5.32 Å². The van der Waals surface area contributed by atoms with Gasteiger partial charge in [-0.1, -0.05) is 30.3 Å². The third kappa shape index (κ3) is 2.56. The predicted octanol–water partition coefficient (Wildman–Crippen LogP) is 7.80. The molecule has 0 unspecified atom stereocenters. The van der Waals surface area contributed by atoms with Crippen molar-refractivity contribution in [2.45, 2.75) is 43.9 Å². The smallest absolute Gasteiger partial charge is 0.135 e. The van der Waals surface area contributed by atoms with E-state index in [1.54, 1.807) is 5.56 Å². The highest BCUT2D eigenvalue weighted by Crippen LogP contribution is 2.60. The fraction of sp³-hybridized carbons (Fsp3) is 0.357. The molecule has 4 bridgehead atoms. The lowest BCUT2D eigenvalue weighted by molar-refractivity contribution is -0.00518. The third-order valence-electron chi connectivity index (χ3n) is 8.20. The quantitative estimate of drug-likeness (QED) is 0.384. The first kappa shape index (κ1) is 17.0. The minimum atomic E-state index is 0.474. The maximum absolute atomic E-state index is 5.96. The second kappa shape index (κ2) is 6.14. The van der Waals surface area contributed by atoms with Crippen molar-refractivity contribution in [3.05, 3.63) is 72.3 Å². The first-order valence-electron chi connectivity index (χ1n) is 11.5. The van der Waals surface area contributed by atoms with Gasteiger partial charge in [0.15, 0.2) is 0 Å². The molecule has 0 amide bonds. The minimum absolute atomic E-state index is 0.474. The number of benzene rings is 3. The average Bonchev–Trinajstić information content (AvgIpc) is 3.11. The number of rotatable bonds is 3. The Hall–Kier alpha value is -2.74. The van der Waals surface area contributed by atoms with Crippen LogP contribution in [0, 0.1) is 17.8 Å². The van der Waals surface area contributed by atoms with E-state index in [9.17, 15) is 0 Å². The highest BCUT2D eigenvalue weighted by atomic mass is 16.3. The maximum Gasteiger partial charge on any atom is 0.135 e. The fourth-order valence-electron chi connectivity index (χ4n) is 7.34. The Morgan fingerprint density at radius 3 is 2.03 bits per heavy atom. The zero-order valence-corrected chi connectivity index (χ0v) is 17.2. The van der Waals surface area contributed by atoms with Gasteiger partial charge >= 0.3 is 0 Å². The standard InChI is InChI=1S/C28H27NO/c1-2-4-26-24(3-1)25-14-23(9-10-27(25)30-26)29-22-7-5-21(6-8-22)28-15-18-11-19(16-28)13-20(12-18)17-28/h1-10,14,18-20,29H,11-13,15-17H2/t18-,19+,20?,28?. The molecule has 3 aromatic carbocycles. The van der Waals surface area contributed by atoms with Crippen LogP contribution in [0.5, 0.6) is 0 Å². The van der Waals surface area contributed by atoms with Crippen molar-refractivity contribution in [3.63, 3.8) is 0 Å². The van der Waals surface area contributed by atoms with Crippen LogP contribution in [0.25, 0.3) is 21.9 Å². The summed E-state index contributed by atoms with van der Waals surface area (Å²) in [6, 6.07) is 24.0. The van der Waals surface area contributed by atoms with Crippen LogP contribution in [0.3, 0.4) is 0 Å². The van der Waals surface area contributed by atoms with Crippen LogP contribution in [0.2, 0.25) is 0 Å². The molecule has 4 fully saturated rings. The summed E-state index contributed by atoms with van der Waals surface area (Å²) in [5.74, 6) is 2.97. The Balaban J connectivity index is 1.18. The SMILES string of the molecule is c1ccc2c(c1)oc1ccc(Nc3ccc(C45CC6C[C@H](C4)C[C@@H](C6)C5)cc3)cc12. The topological polar surface area (TPSA) is 25.2 Å². The summed E-state index contributed by atoms with van der Waals surface area (Å²) in [6.45, 7) is 0. The summed E-state index contributed by atoms with van der Waals surface area (Å²) in [4.78, 5) is 0. The molecule has 0 aliphatic heterocycles. The first-order chi connectivity index (χ1) is 14.7. The molecular formula is C28H27NO. The Labute approximate surface area is 177 Å². The van der Waals surface area contributed by atoms with Gasteiger partial charge in [-0.3, -0.25) is 0 Å². The van der Waals surface area contributed by atoms with Crippen LogP contribution in [-0.2, 0) is 5.41 Å². The van der Waals surface area contributed by atoms with E-state index in [2.05, 4.69) is 59.9 Å². The number of anilines is 2. The Morgan fingerprint density at radius 2 is 1.30 bits per heavy atom. The largest absolute Gasteiger partial charge is 0.456 e. The number of hydrogen-bond donors (Lipinski definition) is 1. The zero-order chi connectivity index (χ0) is 19.7. The van der Waals surface area contributed by atoms with E-state index in [1.165, 1.54) is 49.3 Å². The summed E-state index contributed by atoms with van der Waals surface area (Å²) in [6.07, 6.45) is 8.79. The van der Waals surface area contributed by atoms with E-state index in [1.807, 2.05) is 12.1 Å². The first-order valence-corrected chi connectivity index (χ1v) is 11.5. The van der Waals surface area contributed by atoms with Crippen molar-refractivity contribution in [3.8, 4) is 0 Å². The van der Waals surface area contributed by atoms with Gasteiger partial charge < -0.3 is 9.73 Å². The minimum Gasteiger partial charge on any atom is -0.456 e. The molecule has 8 rings (SSSR count). The van der Waals surface area contributed by atoms with Gasteiger partial charge in [0.05, 0.1) is 0 Å². The number of hydrogen-bond acceptors (Lipinski definition) is 2. The summed E-state index contributed by atoms with van der Waals surface area (Å²) in [5.41, 5.74) is 6.22. The van der Waals surface area contributed by atoms with E-state index < -0.39 is 0 Å². The van der Waals surface area contributed by atoms with Crippen LogP contribution < -0.4 is 5.32 Å². The van der Waals surface area contributed by atoms with Crippen LogP contribution >= 0.6 is 0 Å². The molecule has 0 spiro atoms. The highest BCUT2D eigenvalue weighted by molar-refractivity contribution is 6.06. The molecule has 1 aromatic heterocycles. The second-order valence-electron chi connectivity index (χ2n) is 10.2. The summed E-state index contributed by atoms with van der Waals surface area (Å²) >= 11 is 0. The van der Waals surface area contributed by atoms with E-state index in [0.717, 1.165) is 40.3 Å². The molecule has 4 aliphatic rings. The van der Waals surface area contributed by atoms with Gasteiger partial charge in [-0.15, -0.1) is 0 Å². The molecule has 2 nitrogen and oxygen atoms in total. The lowest BCUT2D eigenvalue weighted by Crippen LogP contribution is -2.48. The monoisotopic (exact) mass is 393 g/mol. The van der Waals surface area contributed by atoms with Gasteiger partial charge in [0.25, 0.3) is 0 Å². The van der Waals surface area contributed by atoms with Gasteiger partial charge in [0.1, 0.15) is 11.2 Å². The van der Waals surface area contributed by atoms with E-state index in [4.69, 9.17) is 4.42 Å². The molecule has 30 heavy (non-hydrogen) atoms. The molecule has 1 heterocycles. The molecule has 150 valence electrons. The zero-order valence-electron chi connectivity index (χ0n) is 17.2. The molecule has 4 aliphatic carbocycles. The number of furan rings is 1. The van der Waals surface area contributed by atoms with Crippen molar-refractivity contribution in [1.29, 1.82) is 0 Å². The Kier molecular flexibility index (Phi) is 3.48. The lowest BCUT2D eigenvalue weighted by Gasteiger charge is -2.57. The number of para-hydroxylation sites is 1. The van der Waals surface area contributed by atoms with Crippen LogP contribution in [0.15, 0.2) is 71.1 Å². The van der Waals surface area contributed by atoms with Crippen LogP contribution in [-0.4, -0.2) is 0 Å². The molecule has 2 heteroatoms. The van der Waals surface area contributed by atoms with E-state index >= 15 is 0 Å². The van der Waals surface area contributed by atoms with Gasteiger partial charge in [-0.25, -0.2) is 0 Å². The Bertz CT molecular complexity index is 1210. The summed E-state index contributed by atoms with van der Waals surface area (Å²) in [5, 5.41) is 5.95. The maximum atomic E-state index is 5.96. The van der Waals surface area contributed by atoms with E-state index in [-0.39, 0.29) is 0 Å². The molecule has 0 atom stereocenters. The van der Waals surface area contributed by atoms with Crippen LogP contribution in [0.1, 0.15) is 44.1 Å². The van der Waals surface area contributed by atoms with E-state index in [0.29, 0.717) is 5.41 Å². The lowest BCUT2D eigenvalue weighted by atomic mass is 9.48. The van der Waals surface area contributed by atoms with Gasteiger partial charge in [-0.2, -0.15) is 0 Å². The average molecular weight is 394 g/mol. The Morgan fingerprint density at radius 1 is 0.667 bits per heavy atom. The normalized spacial score (nSPS) is 29.7. The number of fused-ring (bicyclic) bond motifs is 3. The molecule has 4 saturated carbocycles. The number of nitrogens with one attached hydrogen (secondary N) is 1. The second-order valence-corrected chi connectivity index (χ2v) is 10.2.